The van der Waals surface area contributed by atoms with Crippen molar-refractivity contribution in [1.29, 1.82) is 0 Å². The second kappa shape index (κ2) is 8.33. The summed E-state index contributed by atoms with van der Waals surface area (Å²) in [6, 6.07) is 7.73. The van der Waals surface area contributed by atoms with Crippen LogP contribution in [-0.4, -0.2) is 26.1 Å². The number of hydrogen-bond donors (Lipinski definition) is 1. The first-order valence-corrected chi connectivity index (χ1v) is 11.8. The Kier molecular flexibility index (Phi) is 5.79. The molecule has 0 saturated heterocycles. The number of rotatable bonds is 5. The van der Waals surface area contributed by atoms with E-state index in [1.54, 1.807) is 6.26 Å². The predicted octanol–water partition coefficient (Wildman–Crippen LogP) is 5.22. The molecule has 0 spiro atoms. The Bertz CT molecular complexity index is 1030. The highest BCUT2D eigenvalue weighted by molar-refractivity contribution is 7.93. The first-order valence-electron chi connectivity index (χ1n) is 9.87. The molecule has 4 rings (SSSR count). The molecule has 4 nitrogen and oxygen atoms in total. The highest BCUT2D eigenvalue weighted by Gasteiger charge is 2.33. The van der Waals surface area contributed by atoms with Crippen molar-refractivity contribution >= 4 is 39.4 Å². The van der Waals surface area contributed by atoms with E-state index in [1.807, 2.05) is 30.3 Å². The number of nitrogens with zero attached hydrogens (tertiary/aromatic N) is 1. The van der Waals surface area contributed by atoms with E-state index in [9.17, 15) is 14.1 Å². The van der Waals surface area contributed by atoms with Crippen molar-refractivity contribution in [1.82, 2.24) is 4.57 Å². The van der Waals surface area contributed by atoms with Gasteiger partial charge in [-0.25, -0.2) is 0 Å². The van der Waals surface area contributed by atoms with E-state index in [2.05, 4.69) is 16.7 Å². The van der Waals surface area contributed by atoms with Crippen molar-refractivity contribution < 1.29 is 14.1 Å². The van der Waals surface area contributed by atoms with Gasteiger partial charge in [0.2, 0.25) is 0 Å². The number of carboxylic acid groups (broad SMARTS) is 1. The average Bonchev–Trinajstić information content (AvgIpc) is 2.84. The zero-order valence-corrected chi connectivity index (χ0v) is 17.9. The van der Waals surface area contributed by atoms with Crippen LogP contribution in [-0.2, 0) is 28.6 Å². The summed E-state index contributed by atoms with van der Waals surface area (Å²) in [6.45, 7) is 0.604. The number of benzene rings is 1. The minimum absolute atomic E-state index is 0.0320. The quantitative estimate of drug-likeness (QED) is 0.708. The monoisotopic (exact) mass is 429 g/mol. The highest BCUT2D eigenvalue weighted by atomic mass is 35.5. The van der Waals surface area contributed by atoms with Crippen LogP contribution in [0.2, 0.25) is 5.02 Å². The third-order valence-electron chi connectivity index (χ3n) is 5.76. The molecule has 0 aliphatic heterocycles. The zero-order valence-electron chi connectivity index (χ0n) is 16.4. The minimum Gasteiger partial charge on any atom is -0.481 e. The molecular formula is C23H24ClNO3S. The van der Waals surface area contributed by atoms with Crippen molar-refractivity contribution in [3.63, 3.8) is 0 Å². The fourth-order valence-electron chi connectivity index (χ4n) is 4.60. The summed E-state index contributed by atoms with van der Waals surface area (Å²) >= 11 is 6.06. The molecule has 2 aliphatic carbocycles. The van der Waals surface area contributed by atoms with E-state index in [4.69, 9.17) is 11.6 Å². The van der Waals surface area contributed by atoms with Gasteiger partial charge in [0.05, 0.1) is 27.8 Å². The Morgan fingerprint density at radius 3 is 2.76 bits per heavy atom. The van der Waals surface area contributed by atoms with Gasteiger partial charge in [-0.2, -0.15) is 0 Å². The van der Waals surface area contributed by atoms with E-state index < -0.39 is 16.8 Å². The first-order chi connectivity index (χ1) is 14.0. The largest absolute Gasteiger partial charge is 0.481 e. The third kappa shape index (κ3) is 3.99. The number of carbonyl (C=O) groups is 1. The third-order valence-corrected chi connectivity index (χ3v) is 6.99. The molecule has 152 valence electrons. The molecule has 2 atom stereocenters. The van der Waals surface area contributed by atoms with Gasteiger partial charge in [-0.05, 0) is 48.9 Å². The molecule has 0 fully saturated rings. The van der Waals surface area contributed by atoms with Gasteiger partial charge >= 0.3 is 5.97 Å². The molecule has 1 aromatic heterocycles. The number of aromatic nitrogens is 1. The normalized spacial score (nSPS) is 19.1. The zero-order chi connectivity index (χ0) is 20.5. The van der Waals surface area contributed by atoms with Gasteiger partial charge in [0.25, 0.3) is 0 Å². The number of hydrogen-bond acceptors (Lipinski definition) is 2. The maximum atomic E-state index is 12.6. The van der Waals surface area contributed by atoms with Crippen LogP contribution in [0.1, 0.15) is 59.7 Å². The van der Waals surface area contributed by atoms with Gasteiger partial charge in [-0.15, -0.1) is 0 Å². The summed E-state index contributed by atoms with van der Waals surface area (Å²) in [5, 5.41) is 10.2. The van der Waals surface area contributed by atoms with Crippen molar-refractivity contribution in [2.24, 2.45) is 0 Å². The van der Waals surface area contributed by atoms with Gasteiger partial charge in [-0.1, -0.05) is 42.0 Å². The summed E-state index contributed by atoms with van der Waals surface area (Å²) in [6.07, 6.45) is 11.6. The van der Waals surface area contributed by atoms with E-state index in [0.717, 1.165) is 53.1 Å². The molecule has 1 aromatic carbocycles. The van der Waals surface area contributed by atoms with Crippen LogP contribution in [0.15, 0.2) is 36.4 Å². The van der Waals surface area contributed by atoms with Gasteiger partial charge in [0.1, 0.15) is 0 Å². The van der Waals surface area contributed by atoms with Gasteiger partial charge < -0.3 is 9.67 Å². The van der Waals surface area contributed by atoms with Gasteiger partial charge in [0.15, 0.2) is 0 Å². The second-order valence-corrected chi connectivity index (χ2v) is 9.47. The second-order valence-electron chi connectivity index (χ2n) is 7.69. The van der Waals surface area contributed by atoms with E-state index >= 15 is 0 Å². The Labute approximate surface area is 178 Å². The molecule has 0 bridgehead atoms. The van der Waals surface area contributed by atoms with Crippen LogP contribution < -0.4 is 0 Å². The molecule has 0 amide bonds. The maximum absolute atomic E-state index is 12.6. The van der Waals surface area contributed by atoms with E-state index in [-0.39, 0.29) is 12.3 Å². The van der Waals surface area contributed by atoms with Crippen LogP contribution in [0.5, 0.6) is 0 Å². The lowest BCUT2D eigenvalue weighted by atomic mass is 9.84. The van der Waals surface area contributed by atoms with Crippen molar-refractivity contribution in [2.75, 3.05) is 6.26 Å². The van der Waals surface area contributed by atoms with Crippen molar-refractivity contribution in [3.8, 4) is 0 Å². The molecule has 0 radical (unpaired) electrons. The summed E-state index contributed by atoms with van der Waals surface area (Å²) in [7, 11) is -1.13. The number of carboxylic acids is 1. The Balaban J connectivity index is 1.94. The lowest BCUT2D eigenvalue weighted by molar-refractivity contribution is -0.137. The lowest BCUT2D eigenvalue weighted by Crippen LogP contribution is -2.18. The van der Waals surface area contributed by atoms with Crippen LogP contribution in [0.3, 0.4) is 0 Å². The maximum Gasteiger partial charge on any atom is 0.304 e. The molecule has 2 aromatic rings. The Hall–Kier alpha value is -2.11. The predicted molar refractivity (Wildman–Crippen MR) is 119 cm³/mol. The lowest BCUT2D eigenvalue weighted by Gasteiger charge is -2.25. The molecule has 1 N–H and O–H groups in total. The Morgan fingerprint density at radius 2 is 2.07 bits per heavy atom. The highest BCUT2D eigenvalue weighted by Crippen LogP contribution is 2.43. The van der Waals surface area contributed by atoms with E-state index in [1.165, 1.54) is 5.56 Å². The number of aliphatic carboxylic acids is 1. The SMILES string of the molecule is CS(=O)C1=CCC=Cc2c3c(n(Cc4ccc(Cl)cc4)c21)[C@@H](CC(=O)O)CCC3. The summed E-state index contributed by atoms with van der Waals surface area (Å²) in [5.74, 6) is -0.807. The number of halogens is 1. The van der Waals surface area contributed by atoms with Crippen LogP contribution >= 0.6 is 11.6 Å². The molecule has 0 saturated carbocycles. The van der Waals surface area contributed by atoms with Crippen LogP contribution in [0.4, 0.5) is 0 Å². The van der Waals surface area contributed by atoms with Crippen LogP contribution in [0, 0.1) is 0 Å². The number of allylic oxidation sites excluding steroid dienone is 2. The topological polar surface area (TPSA) is 59.3 Å². The fraction of sp³-hybridized carbons (Fsp3) is 0.348. The minimum atomic E-state index is -1.13. The van der Waals surface area contributed by atoms with E-state index in [0.29, 0.717) is 11.6 Å². The molecule has 1 heterocycles. The van der Waals surface area contributed by atoms with Gasteiger partial charge in [0, 0.05) is 35.0 Å². The summed E-state index contributed by atoms with van der Waals surface area (Å²) < 4.78 is 14.9. The summed E-state index contributed by atoms with van der Waals surface area (Å²) in [4.78, 5) is 12.4. The standard InChI is InChI=1S/C23H24ClNO3S/c1-29(28)20-8-3-2-6-19-18-7-4-5-16(13-21(26)27)22(18)25(23(19)20)14-15-9-11-17(24)12-10-15/h2,6,8-12,16H,3-5,7,13-14H2,1H3,(H,26,27)/t16-,29?/m1/s1. The Morgan fingerprint density at radius 1 is 1.31 bits per heavy atom. The van der Waals surface area contributed by atoms with Crippen molar-refractivity contribution in [3.05, 3.63) is 69.5 Å². The molecule has 6 heteroatoms. The average molecular weight is 430 g/mol. The first kappa shape index (κ1) is 20.2. The molecule has 29 heavy (non-hydrogen) atoms. The van der Waals surface area contributed by atoms with Gasteiger partial charge in [-0.3, -0.25) is 9.00 Å². The number of fused-ring (bicyclic) bond motifs is 3. The molecule has 1 unspecified atom stereocenters. The van der Waals surface area contributed by atoms with Crippen LogP contribution in [0.25, 0.3) is 11.0 Å². The fourth-order valence-corrected chi connectivity index (χ4v) is 5.55. The molecular weight excluding hydrogens is 406 g/mol. The van der Waals surface area contributed by atoms with Crippen molar-refractivity contribution in [2.45, 2.75) is 44.6 Å². The smallest absolute Gasteiger partial charge is 0.304 e. The summed E-state index contributed by atoms with van der Waals surface area (Å²) in [5.41, 5.74) is 5.51. The molecule has 2 aliphatic rings.